The number of nitrogens with one attached hydrogen (secondary N) is 2. The molecule has 2 aromatic rings. The highest BCUT2D eigenvalue weighted by Gasteiger charge is 2.24. The quantitative estimate of drug-likeness (QED) is 0.744. The summed E-state index contributed by atoms with van der Waals surface area (Å²) in [5.41, 5.74) is 0.874. The van der Waals surface area contributed by atoms with Crippen LogP contribution in [0.3, 0.4) is 0 Å². The first-order valence-corrected chi connectivity index (χ1v) is 10.8. The number of nitrogens with zero attached hydrogens (tertiary/aromatic N) is 1. The van der Waals surface area contributed by atoms with Crippen molar-refractivity contribution in [3.63, 3.8) is 0 Å². The van der Waals surface area contributed by atoms with E-state index in [1.165, 1.54) is 17.7 Å². The monoisotopic (exact) mass is 421 g/mol. The van der Waals surface area contributed by atoms with Crippen LogP contribution in [0.4, 0.5) is 4.79 Å². The van der Waals surface area contributed by atoms with Gasteiger partial charge in [0.2, 0.25) is 0 Å². The van der Waals surface area contributed by atoms with E-state index in [-0.39, 0.29) is 12.1 Å². The van der Waals surface area contributed by atoms with Crippen molar-refractivity contribution in [2.45, 2.75) is 25.4 Å². The van der Waals surface area contributed by atoms with Crippen molar-refractivity contribution in [3.05, 3.63) is 45.1 Å². The molecule has 1 unspecified atom stereocenters. The van der Waals surface area contributed by atoms with Crippen LogP contribution in [-0.2, 0) is 6.54 Å². The van der Waals surface area contributed by atoms with E-state index in [0.29, 0.717) is 42.8 Å². The molecule has 0 bridgehead atoms. The Bertz CT molecular complexity index is 809. The van der Waals surface area contributed by atoms with Gasteiger partial charge in [0.25, 0.3) is 0 Å². The maximum atomic E-state index is 12.4. The molecule has 1 aromatic heterocycles. The third-order valence-electron chi connectivity index (χ3n) is 5.02. The highest BCUT2D eigenvalue weighted by atomic mass is 35.5. The van der Waals surface area contributed by atoms with Crippen molar-refractivity contribution in [2.24, 2.45) is 0 Å². The van der Waals surface area contributed by atoms with Gasteiger partial charge in [-0.05, 0) is 55.1 Å². The van der Waals surface area contributed by atoms with E-state index < -0.39 is 0 Å². The van der Waals surface area contributed by atoms with Gasteiger partial charge >= 0.3 is 6.03 Å². The first-order chi connectivity index (χ1) is 13.7. The van der Waals surface area contributed by atoms with Crippen LogP contribution < -0.4 is 20.1 Å². The number of rotatable bonds is 6. The fourth-order valence-electron chi connectivity index (χ4n) is 3.64. The molecule has 0 saturated carbocycles. The topological polar surface area (TPSA) is 62.8 Å². The number of urea groups is 1. The van der Waals surface area contributed by atoms with Crippen LogP contribution in [0.1, 0.15) is 29.3 Å². The Morgan fingerprint density at radius 2 is 2.04 bits per heavy atom. The number of halogens is 1. The number of hydrogen-bond donors (Lipinski definition) is 2. The Labute approximate surface area is 173 Å². The van der Waals surface area contributed by atoms with Crippen molar-refractivity contribution < 1.29 is 14.3 Å². The number of carbonyl (C=O) groups is 1. The molecule has 28 heavy (non-hydrogen) atoms. The summed E-state index contributed by atoms with van der Waals surface area (Å²) in [5.74, 6) is 1.20. The van der Waals surface area contributed by atoms with Crippen LogP contribution in [0.15, 0.2) is 29.6 Å². The number of likely N-dealkylation sites (tertiary alicyclic amines) is 1. The summed E-state index contributed by atoms with van der Waals surface area (Å²) in [5, 5.41) is 8.51. The van der Waals surface area contributed by atoms with Crippen LogP contribution in [0.25, 0.3) is 0 Å². The summed E-state index contributed by atoms with van der Waals surface area (Å²) in [4.78, 5) is 16.1. The van der Waals surface area contributed by atoms with Gasteiger partial charge in [0.15, 0.2) is 11.5 Å². The minimum Gasteiger partial charge on any atom is -0.486 e. The maximum absolute atomic E-state index is 12.4. The van der Waals surface area contributed by atoms with Crippen LogP contribution in [-0.4, -0.2) is 43.8 Å². The lowest BCUT2D eigenvalue weighted by molar-refractivity contribution is 0.171. The molecule has 1 aromatic carbocycles. The lowest BCUT2D eigenvalue weighted by Gasteiger charge is -2.27. The average molecular weight is 422 g/mol. The van der Waals surface area contributed by atoms with Crippen molar-refractivity contribution in [1.82, 2.24) is 15.5 Å². The molecule has 2 N–H and O–H groups in total. The molecule has 0 spiro atoms. The second kappa shape index (κ2) is 9.03. The van der Waals surface area contributed by atoms with Crippen LogP contribution in [0, 0.1) is 0 Å². The van der Waals surface area contributed by atoms with Gasteiger partial charge in [-0.1, -0.05) is 17.7 Å². The summed E-state index contributed by atoms with van der Waals surface area (Å²) in [6, 6.07) is 7.91. The highest BCUT2D eigenvalue weighted by molar-refractivity contribution is 7.10. The Morgan fingerprint density at radius 1 is 1.21 bits per heavy atom. The molecule has 2 amide bonds. The molecule has 8 heteroatoms. The minimum absolute atomic E-state index is 0.188. The summed E-state index contributed by atoms with van der Waals surface area (Å²) in [6.45, 7) is 4.13. The first-order valence-electron chi connectivity index (χ1n) is 9.58. The molecule has 1 atom stereocenters. The van der Waals surface area contributed by atoms with E-state index >= 15 is 0 Å². The Morgan fingerprint density at radius 3 is 2.82 bits per heavy atom. The fraction of sp³-hybridized carbons (Fsp3) is 0.450. The van der Waals surface area contributed by atoms with Crippen molar-refractivity contribution in [1.29, 1.82) is 0 Å². The highest BCUT2D eigenvalue weighted by Crippen LogP contribution is 2.38. The maximum Gasteiger partial charge on any atom is 0.315 e. The lowest BCUT2D eigenvalue weighted by Crippen LogP contribution is -2.41. The number of carbonyl (C=O) groups excluding carboxylic acids is 1. The molecule has 1 saturated heterocycles. The largest absolute Gasteiger partial charge is 0.486 e. The van der Waals surface area contributed by atoms with Crippen molar-refractivity contribution in [2.75, 3.05) is 32.8 Å². The van der Waals surface area contributed by atoms with Crippen LogP contribution in [0.5, 0.6) is 11.5 Å². The van der Waals surface area contributed by atoms with Crippen LogP contribution in [0.2, 0.25) is 5.02 Å². The molecule has 3 heterocycles. The van der Waals surface area contributed by atoms with Gasteiger partial charge in [-0.25, -0.2) is 4.79 Å². The van der Waals surface area contributed by atoms with Gasteiger partial charge < -0.3 is 20.1 Å². The third-order valence-corrected chi connectivity index (χ3v) is 6.27. The molecule has 1 fully saturated rings. The SMILES string of the molecule is O=C(NCc1cc(Cl)c2c(c1)OCCO2)NCC(c1cccs1)N1CCCC1. The summed E-state index contributed by atoms with van der Waals surface area (Å²) in [6.07, 6.45) is 2.44. The van der Waals surface area contributed by atoms with E-state index in [4.69, 9.17) is 21.1 Å². The Hall–Kier alpha value is -1.96. The Kier molecular flexibility index (Phi) is 6.24. The standard InChI is InChI=1S/C20H24ClN3O3S/c21-15-10-14(11-17-19(15)27-8-7-26-17)12-22-20(25)23-13-16(18-4-3-9-28-18)24-5-1-2-6-24/h3-4,9-11,16H,1-2,5-8,12-13H2,(H2,22,23,25). The van der Waals surface area contributed by atoms with E-state index in [9.17, 15) is 4.79 Å². The zero-order valence-corrected chi connectivity index (χ0v) is 17.2. The van der Waals surface area contributed by atoms with Gasteiger partial charge in [-0.15, -0.1) is 11.3 Å². The summed E-state index contributed by atoms with van der Waals surface area (Å²) in [7, 11) is 0. The van der Waals surface area contributed by atoms with E-state index in [1.54, 1.807) is 17.4 Å². The number of ether oxygens (including phenoxy) is 2. The van der Waals surface area contributed by atoms with E-state index in [1.807, 2.05) is 6.07 Å². The first kappa shape index (κ1) is 19.4. The third kappa shape index (κ3) is 4.54. The zero-order valence-electron chi connectivity index (χ0n) is 15.6. The van der Waals surface area contributed by atoms with Gasteiger partial charge in [0.1, 0.15) is 13.2 Å². The smallest absolute Gasteiger partial charge is 0.315 e. The molecule has 150 valence electrons. The normalized spacial score (nSPS) is 17.3. The second-order valence-electron chi connectivity index (χ2n) is 6.94. The fourth-order valence-corrected chi connectivity index (χ4v) is 4.79. The van der Waals surface area contributed by atoms with Crippen molar-refractivity contribution >= 4 is 29.0 Å². The number of amides is 2. The molecular weight excluding hydrogens is 398 g/mol. The predicted octanol–water partition coefficient (Wildman–Crippen LogP) is 3.81. The van der Waals surface area contributed by atoms with Crippen molar-refractivity contribution in [3.8, 4) is 11.5 Å². The molecule has 6 nitrogen and oxygen atoms in total. The number of benzene rings is 1. The van der Waals surface area contributed by atoms with Gasteiger partial charge in [0.05, 0.1) is 11.1 Å². The molecule has 4 rings (SSSR count). The second-order valence-corrected chi connectivity index (χ2v) is 8.33. The molecule has 2 aliphatic rings. The number of fused-ring (bicyclic) bond motifs is 1. The summed E-state index contributed by atoms with van der Waals surface area (Å²) < 4.78 is 11.1. The van der Waals surface area contributed by atoms with Gasteiger partial charge in [0, 0.05) is 18.0 Å². The van der Waals surface area contributed by atoms with E-state index in [2.05, 4.69) is 33.0 Å². The average Bonchev–Trinajstić information content (AvgIpc) is 3.41. The zero-order chi connectivity index (χ0) is 19.3. The number of thiophene rings is 1. The molecule has 0 aliphatic carbocycles. The molecular formula is C20H24ClN3O3S. The summed E-state index contributed by atoms with van der Waals surface area (Å²) >= 11 is 8.00. The lowest BCUT2D eigenvalue weighted by atomic mass is 10.2. The predicted molar refractivity (Wildman–Crippen MR) is 111 cm³/mol. The molecule has 0 radical (unpaired) electrons. The van der Waals surface area contributed by atoms with E-state index in [0.717, 1.165) is 18.7 Å². The minimum atomic E-state index is -0.188. The number of hydrogen-bond acceptors (Lipinski definition) is 5. The van der Waals surface area contributed by atoms with Gasteiger partial charge in [-0.2, -0.15) is 0 Å². The molecule has 2 aliphatic heterocycles. The Balaban J connectivity index is 1.32. The van der Waals surface area contributed by atoms with Gasteiger partial charge in [-0.3, -0.25) is 4.90 Å². The van der Waals surface area contributed by atoms with Crippen LogP contribution >= 0.6 is 22.9 Å².